The highest BCUT2D eigenvalue weighted by atomic mass is 16.5. The smallest absolute Gasteiger partial charge is 0.309 e. The van der Waals surface area contributed by atoms with Crippen LogP contribution < -0.4 is 0 Å². The second kappa shape index (κ2) is 7.12. The Balaban J connectivity index is 3.80. The first kappa shape index (κ1) is 12.7. The van der Waals surface area contributed by atoms with Crippen LogP contribution in [-0.2, 0) is 19.1 Å². The van der Waals surface area contributed by atoms with Gasteiger partial charge in [-0.1, -0.05) is 19.6 Å². The van der Waals surface area contributed by atoms with Crippen LogP contribution >= 0.6 is 0 Å². The molecule has 0 aromatic heterocycles. The fourth-order valence-corrected chi connectivity index (χ4v) is 0.829. The standard InChI is InChI=1S/C10H16O4/c1-4-6-14-9(11)7-8(3)10(12)13-5-2/h4,8H,1,5-7H2,2-3H3. The summed E-state index contributed by atoms with van der Waals surface area (Å²) in [4.78, 5) is 22.1. The quantitative estimate of drug-likeness (QED) is 0.479. The summed E-state index contributed by atoms with van der Waals surface area (Å²) in [5, 5.41) is 0. The van der Waals surface area contributed by atoms with Gasteiger partial charge in [0.15, 0.2) is 0 Å². The lowest BCUT2D eigenvalue weighted by molar-refractivity contribution is -0.153. The summed E-state index contributed by atoms with van der Waals surface area (Å²) in [5.41, 5.74) is 0. The van der Waals surface area contributed by atoms with Gasteiger partial charge in [-0.05, 0) is 6.92 Å². The number of rotatable bonds is 6. The fraction of sp³-hybridized carbons (Fsp3) is 0.600. The summed E-state index contributed by atoms with van der Waals surface area (Å²) in [5.74, 6) is -1.24. The van der Waals surface area contributed by atoms with Crippen molar-refractivity contribution in [3.63, 3.8) is 0 Å². The Hall–Kier alpha value is -1.32. The first-order valence-corrected chi connectivity index (χ1v) is 4.55. The van der Waals surface area contributed by atoms with Gasteiger partial charge in [0.1, 0.15) is 6.61 Å². The number of carbonyl (C=O) groups is 2. The molecule has 0 aromatic carbocycles. The summed E-state index contributed by atoms with van der Waals surface area (Å²) < 4.78 is 9.47. The van der Waals surface area contributed by atoms with E-state index in [2.05, 4.69) is 6.58 Å². The van der Waals surface area contributed by atoms with Crippen LogP contribution in [-0.4, -0.2) is 25.2 Å². The Labute approximate surface area is 83.9 Å². The van der Waals surface area contributed by atoms with Crippen molar-refractivity contribution in [2.24, 2.45) is 5.92 Å². The Bertz CT molecular complexity index is 210. The molecule has 0 amide bonds. The van der Waals surface area contributed by atoms with Crippen molar-refractivity contribution in [3.05, 3.63) is 12.7 Å². The number of hydrogen-bond donors (Lipinski definition) is 0. The molecule has 80 valence electrons. The van der Waals surface area contributed by atoms with E-state index in [9.17, 15) is 9.59 Å². The van der Waals surface area contributed by atoms with E-state index in [1.54, 1.807) is 13.8 Å². The van der Waals surface area contributed by atoms with Gasteiger partial charge in [-0.25, -0.2) is 0 Å². The first-order valence-electron chi connectivity index (χ1n) is 4.55. The second-order valence-electron chi connectivity index (χ2n) is 2.83. The van der Waals surface area contributed by atoms with E-state index in [0.29, 0.717) is 6.61 Å². The molecule has 4 heteroatoms. The molecule has 4 nitrogen and oxygen atoms in total. The molecule has 1 unspecified atom stereocenters. The molecule has 0 saturated heterocycles. The Morgan fingerprint density at radius 3 is 2.57 bits per heavy atom. The Kier molecular flexibility index (Phi) is 6.45. The minimum atomic E-state index is -0.452. The van der Waals surface area contributed by atoms with Crippen LogP contribution in [0.15, 0.2) is 12.7 Å². The van der Waals surface area contributed by atoms with Gasteiger partial charge in [-0.15, -0.1) is 0 Å². The van der Waals surface area contributed by atoms with Crippen molar-refractivity contribution in [1.82, 2.24) is 0 Å². The zero-order chi connectivity index (χ0) is 11.0. The van der Waals surface area contributed by atoms with Crippen LogP contribution in [0, 0.1) is 5.92 Å². The molecule has 1 atom stereocenters. The van der Waals surface area contributed by atoms with Crippen LogP contribution in [0.5, 0.6) is 0 Å². The van der Waals surface area contributed by atoms with Gasteiger partial charge >= 0.3 is 11.9 Å². The predicted octanol–water partition coefficient (Wildman–Crippen LogP) is 1.30. The van der Waals surface area contributed by atoms with Gasteiger partial charge in [0.05, 0.1) is 18.9 Å². The molecule has 0 heterocycles. The molecule has 0 aliphatic rings. The highest BCUT2D eigenvalue weighted by Gasteiger charge is 2.18. The number of hydrogen-bond acceptors (Lipinski definition) is 4. The lowest BCUT2D eigenvalue weighted by Gasteiger charge is -2.09. The van der Waals surface area contributed by atoms with Gasteiger partial charge in [-0.2, -0.15) is 0 Å². The van der Waals surface area contributed by atoms with Crippen molar-refractivity contribution < 1.29 is 19.1 Å². The maximum Gasteiger partial charge on any atom is 0.309 e. The molecular formula is C10H16O4. The number of carbonyl (C=O) groups excluding carboxylic acids is 2. The van der Waals surface area contributed by atoms with Crippen molar-refractivity contribution in [2.45, 2.75) is 20.3 Å². The highest BCUT2D eigenvalue weighted by Crippen LogP contribution is 2.05. The number of esters is 2. The molecule has 14 heavy (non-hydrogen) atoms. The molecule has 0 fully saturated rings. The van der Waals surface area contributed by atoms with Gasteiger partial charge in [0.2, 0.25) is 0 Å². The minimum Gasteiger partial charge on any atom is -0.466 e. The molecule has 0 bridgehead atoms. The Morgan fingerprint density at radius 2 is 2.07 bits per heavy atom. The van der Waals surface area contributed by atoms with E-state index in [1.807, 2.05) is 0 Å². The summed E-state index contributed by atoms with van der Waals surface area (Å²) in [6.45, 7) is 7.26. The first-order chi connectivity index (χ1) is 6.61. The molecule has 0 saturated carbocycles. The topological polar surface area (TPSA) is 52.6 Å². The summed E-state index contributed by atoms with van der Waals surface area (Å²) >= 11 is 0. The predicted molar refractivity (Wildman–Crippen MR) is 51.6 cm³/mol. The molecule has 0 radical (unpaired) electrons. The molecule has 0 aliphatic carbocycles. The summed E-state index contributed by atoms with van der Waals surface area (Å²) in [6.07, 6.45) is 1.53. The third kappa shape index (κ3) is 5.35. The van der Waals surface area contributed by atoms with Crippen LogP contribution in [0.1, 0.15) is 20.3 Å². The van der Waals surface area contributed by atoms with Crippen molar-refractivity contribution >= 4 is 11.9 Å². The molecule has 0 N–H and O–H groups in total. The van der Waals surface area contributed by atoms with E-state index >= 15 is 0 Å². The largest absolute Gasteiger partial charge is 0.466 e. The van der Waals surface area contributed by atoms with Crippen molar-refractivity contribution in [2.75, 3.05) is 13.2 Å². The van der Waals surface area contributed by atoms with Crippen molar-refractivity contribution in [1.29, 1.82) is 0 Å². The van der Waals surface area contributed by atoms with Gasteiger partial charge in [0, 0.05) is 0 Å². The van der Waals surface area contributed by atoms with Crippen LogP contribution in [0.2, 0.25) is 0 Å². The zero-order valence-corrected chi connectivity index (χ0v) is 8.62. The van der Waals surface area contributed by atoms with Crippen LogP contribution in [0.4, 0.5) is 0 Å². The second-order valence-corrected chi connectivity index (χ2v) is 2.83. The van der Waals surface area contributed by atoms with E-state index < -0.39 is 11.9 Å². The monoisotopic (exact) mass is 200 g/mol. The van der Waals surface area contributed by atoms with Gasteiger partial charge < -0.3 is 9.47 Å². The van der Waals surface area contributed by atoms with E-state index in [1.165, 1.54) is 6.08 Å². The van der Waals surface area contributed by atoms with E-state index in [4.69, 9.17) is 9.47 Å². The molecular weight excluding hydrogens is 184 g/mol. The summed E-state index contributed by atoms with van der Waals surface area (Å²) in [7, 11) is 0. The minimum absolute atomic E-state index is 0.0483. The summed E-state index contributed by atoms with van der Waals surface area (Å²) in [6, 6.07) is 0. The maximum atomic E-state index is 11.1. The third-order valence-corrected chi connectivity index (χ3v) is 1.52. The van der Waals surface area contributed by atoms with Crippen LogP contribution in [0.25, 0.3) is 0 Å². The average Bonchev–Trinajstić information content (AvgIpc) is 2.15. The molecule has 0 aromatic rings. The lowest BCUT2D eigenvalue weighted by atomic mass is 10.1. The van der Waals surface area contributed by atoms with E-state index in [-0.39, 0.29) is 19.0 Å². The van der Waals surface area contributed by atoms with Gasteiger partial charge in [-0.3, -0.25) is 9.59 Å². The zero-order valence-electron chi connectivity index (χ0n) is 8.62. The maximum absolute atomic E-state index is 11.1. The van der Waals surface area contributed by atoms with Crippen molar-refractivity contribution in [3.8, 4) is 0 Å². The lowest BCUT2D eigenvalue weighted by Crippen LogP contribution is -2.19. The normalized spacial score (nSPS) is 11.6. The third-order valence-electron chi connectivity index (χ3n) is 1.52. The Morgan fingerprint density at radius 1 is 1.43 bits per heavy atom. The van der Waals surface area contributed by atoms with Crippen LogP contribution in [0.3, 0.4) is 0 Å². The highest BCUT2D eigenvalue weighted by molar-refractivity contribution is 5.79. The average molecular weight is 200 g/mol. The molecule has 0 rings (SSSR count). The number of ether oxygens (including phenoxy) is 2. The van der Waals surface area contributed by atoms with Gasteiger partial charge in [0.25, 0.3) is 0 Å². The molecule has 0 spiro atoms. The SMILES string of the molecule is C=CCOC(=O)CC(C)C(=O)OCC. The fourth-order valence-electron chi connectivity index (χ4n) is 0.829. The molecule has 0 aliphatic heterocycles. The van der Waals surface area contributed by atoms with E-state index in [0.717, 1.165) is 0 Å².